The quantitative estimate of drug-likeness (QED) is 0.487. The first-order valence-corrected chi connectivity index (χ1v) is 9.46. The van der Waals surface area contributed by atoms with Crippen molar-refractivity contribution in [1.82, 2.24) is 15.8 Å². The molecule has 0 aliphatic rings. The van der Waals surface area contributed by atoms with Crippen LogP contribution in [0.15, 0.2) is 29.6 Å². The fourth-order valence-corrected chi connectivity index (χ4v) is 3.04. The highest BCUT2D eigenvalue weighted by molar-refractivity contribution is 7.13. The Balaban J connectivity index is 1.75. The zero-order valence-corrected chi connectivity index (χ0v) is 16.2. The Morgan fingerprint density at radius 2 is 1.82 bits per heavy atom. The average molecular weight is 406 g/mol. The van der Waals surface area contributed by atoms with Crippen molar-refractivity contribution in [3.05, 3.63) is 46.5 Å². The van der Waals surface area contributed by atoms with Crippen LogP contribution in [0.25, 0.3) is 0 Å². The van der Waals surface area contributed by atoms with Crippen LogP contribution in [-0.4, -0.2) is 41.2 Å². The Morgan fingerprint density at radius 3 is 2.50 bits per heavy atom. The number of hydrogen-bond donors (Lipinski definition) is 4. The average Bonchev–Trinajstić information content (AvgIpc) is 3.10. The number of anilines is 1. The highest BCUT2D eigenvalue weighted by Crippen LogP contribution is 2.17. The second kappa shape index (κ2) is 11.0. The largest absolute Gasteiger partial charge is 0.446 e. The van der Waals surface area contributed by atoms with E-state index in [-0.39, 0.29) is 31.4 Å². The molecule has 0 unspecified atom stereocenters. The van der Waals surface area contributed by atoms with Gasteiger partial charge in [-0.1, -0.05) is 24.3 Å². The Morgan fingerprint density at radius 1 is 1.11 bits per heavy atom. The van der Waals surface area contributed by atoms with Crippen LogP contribution >= 0.6 is 11.3 Å². The molecule has 1 heterocycles. The first-order valence-electron chi connectivity index (χ1n) is 8.58. The van der Waals surface area contributed by atoms with E-state index in [0.717, 1.165) is 29.7 Å². The normalized spacial score (nSPS) is 10.2. The van der Waals surface area contributed by atoms with Gasteiger partial charge in [0, 0.05) is 12.3 Å². The molecule has 28 heavy (non-hydrogen) atoms. The number of rotatable bonds is 8. The Kier molecular flexibility index (Phi) is 8.37. The molecule has 0 saturated carbocycles. The molecule has 1 aromatic heterocycles. The summed E-state index contributed by atoms with van der Waals surface area (Å²) in [6, 6.07) is 7.57. The predicted octanol–water partition coefficient (Wildman–Crippen LogP) is 1.18. The standard InChI is InChI=1S/C18H22N4O5S/c1-12(24)19-17-20-15(11-28-17)7-6-13-2-4-14(5-3-13)10-16(25)21-22-18(26)27-9-8-23/h2-5,11,23H,6-10H2,1H3,(H,21,25)(H,22,26)(H,19,20,24). The molecule has 0 spiro atoms. The van der Waals surface area contributed by atoms with Crippen molar-refractivity contribution in [3.8, 4) is 0 Å². The van der Waals surface area contributed by atoms with Gasteiger partial charge in [0.05, 0.1) is 18.7 Å². The molecule has 0 aliphatic heterocycles. The number of nitrogens with one attached hydrogen (secondary N) is 3. The van der Waals surface area contributed by atoms with E-state index in [1.807, 2.05) is 29.6 Å². The van der Waals surface area contributed by atoms with E-state index in [1.54, 1.807) is 0 Å². The number of aliphatic hydroxyl groups is 1. The summed E-state index contributed by atoms with van der Waals surface area (Å²) in [5, 5.41) is 13.7. The summed E-state index contributed by atoms with van der Waals surface area (Å²) >= 11 is 1.39. The Labute approximate surface area is 166 Å². The van der Waals surface area contributed by atoms with Crippen LogP contribution in [0.5, 0.6) is 0 Å². The van der Waals surface area contributed by atoms with Gasteiger partial charge in [-0.15, -0.1) is 11.3 Å². The Bertz CT molecular complexity index is 807. The monoisotopic (exact) mass is 406 g/mol. The zero-order valence-electron chi connectivity index (χ0n) is 15.4. The van der Waals surface area contributed by atoms with Crippen molar-refractivity contribution < 1.29 is 24.2 Å². The van der Waals surface area contributed by atoms with E-state index in [9.17, 15) is 14.4 Å². The summed E-state index contributed by atoms with van der Waals surface area (Å²) in [5.74, 6) is -0.528. The molecule has 0 bridgehead atoms. The third-order valence-electron chi connectivity index (χ3n) is 3.52. The summed E-state index contributed by atoms with van der Waals surface area (Å²) < 4.78 is 4.55. The van der Waals surface area contributed by atoms with E-state index in [0.29, 0.717) is 5.13 Å². The molecule has 2 rings (SSSR count). The van der Waals surface area contributed by atoms with Gasteiger partial charge >= 0.3 is 6.09 Å². The topological polar surface area (TPSA) is 130 Å². The minimum atomic E-state index is -0.832. The molecule has 0 atom stereocenters. The molecule has 1 aromatic carbocycles. The maximum absolute atomic E-state index is 11.8. The van der Waals surface area contributed by atoms with Crippen LogP contribution in [0, 0.1) is 0 Å². The fourth-order valence-electron chi connectivity index (χ4n) is 2.25. The minimum Gasteiger partial charge on any atom is -0.446 e. The lowest BCUT2D eigenvalue weighted by Crippen LogP contribution is -2.42. The number of carbonyl (C=O) groups excluding carboxylic acids is 3. The number of ether oxygens (including phenoxy) is 1. The number of carbonyl (C=O) groups is 3. The predicted molar refractivity (Wildman–Crippen MR) is 104 cm³/mol. The maximum atomic E-state index is 11.8. The number of benzene rings is 1. The summed E-state index contributed by atoms with van der Waals surface area (Å²) in [4.78, 5) is 38.3. The van der Waals surface area contributed by atoms with Gasteiger partial charge in [-0.25, -0.2) is 15.2 Å². The SMILES string of the molecule is CC(=O)Nc1nc(CCc2ccc(CC(=O)NNC(=O)OCCO)cc2)cs1. The summed E-state index contributed by atoms with van der Waals surface area (Å²) in [5.41, 5.74) is 7.15. The van der Waals surface area contributed by atoms with Gasteiger partial charge in [-0.05, 0) is 24.0 Å². The number of aromatic nitrogens is 1. The smallest absolute Gasteiger partial charge is 0.426 e. The number of amides is 3. The second-order valence-corrected chi connectivity index (χ2v) is 6.71. The van der Waals surface area contributed by atoms with Crippen molar-refractivity contribution in [2.45, 2.75) is 26.2 Å². The molecule has 0 fully saturated rings. The lowest BCUT2D eigenvalue weighted by molar-refractivity contribution is -0.121. The highest BCUT2D eigenvalue weighted by atomic mass is 32.1. The maximum Gasteiger partial charge on any atom is 0.426 e. The van der Waals surface area contributed by atoms with Crippen LogP contribution < -0.4 is 16.2 Å². The van der Waals surface area contributed by atoms with Gasteiger partial charge in [0.25, 0.3) is 0 Å². The van der Waals surface area contributed by atoms with Gasteiger partial charge in [-0.2, -0.15) is 0 Å². The van der Waals surface area contributed by atoms with Crippen LogP contribution in [0.4, 0.5) is 9.93 Å². The van der Waals surface area contributed by atoms with Gasteiger partial charge in [0.2, 0.25) is 11.8 Å². The highest BCUT2D eigenvalue weighted by Gasteiger charge is 2.07. The van der Waals surface area contributed by atoms with Gasteiger partial charge in [-0.3, -0.25) is 15.0 Å². The molecule has 0 aliphatic carbocycles. The third kappa shape index (κ3) is 7.72. The van der Waals surface area contributed by atoms with Gasteiger partial charge in [0.1, 0.15) is 6.61 Å². The summed E-state index contributed by atoms with van der Waals surface area (Å²) in [6.07, 6.45) is 0.803. The van der Waals surface area contributed by atoms with Gasteiger partial charge < -0.3 is 15.2 Å². The van der Waals surface area contributed by atoms with Crippen LogP contribution in [0.2, 0.25) is 0 Å². The number of aliphatic hydroxyl groups excluding tert-OH is 1. The van der Waals surface area contributed by atoms with Gasteiger partial charge in [0.15, 0.2) is 5.13 Å². The minimum absolute atomic E-state index is 0.104. The molecule has 10 heteroatoms. The molecule has 9 nitrogen and oxygen atoms in total. The fraction of sp³-hybridized carbons (Fsp3) is 0.333. The number of aryl methyl sites for hydroxylation is 2. The molecule has 4 N–H and O–H groups in total. The third-order valence-corrected chi connectivity index (χ3v) is 4.33. The zero-order chi connectivity index (χ0) is 20.4. The van der Waals surface area contributed by atoms with Crippen LogP contribution in [0.3, 0.4) is 0 Å². The molecule has 0 saturated heterocycles. The van der Waals surface area contributed by atoms with Crippen LogP contribution in [-0.2, 0) is 33.6 Å². The first-order chi connectivity index (χ1) is 13.5. The lowest BCUT2D eigenvalue weighted by Gasteiger charge is -2.08. The van der Waals surface area contributed by atoms with Crippen molar-refractivity contribution in [1.29, 1.82) is 0 Å². The molecule has 3 amide bonds. The summed E-state index contributed by atoms with van der Waals surface area (Å²) in [6.45, 7) is 1.02. The number of nitrogens with zero attached hydrogens (tertiary/aromatic N) is 1. The Hall–Kier alpha value is -2.98. The molecular formula is C18H22N4O5S. The van der Waals surface area contributed by atoms with E-state index < -0.39 is 6.09 Å². The molecule has 150 valence electrons. The second-order valence-electron chi connectivity index (χ2n) is 5.85. The molecule has 0 radical (unpaired) electrons. The number of hydrazine groups is 1. The molecular weight excluding hydrogens is 384 g/mol. The number of hydrogen-bond acceptors (Lipinski definition) is 7. The number of thiazole rings is 1. The van der Waals surface area contributed by atoms with Crippen molar-refractivity contribution >= 4 is 34.4 Å². The summed E-state index contributed by atoms with van der Waals surface area (Å²) in [7, 11) is 0. The first kappa shape index (κ1) is 21.3. The van der Waals surface area contributed by atoms with Crippen molar-refractivity contribution in [2.24, 2.45) is 0 Å². The van der Waals surface area contributed by atoms with Crippen LogP contribution in [0.1, 0.15) is 23.7 Å². The van der Waals surface area contributed by atoms with Crippen molar-refractivity contribution in [2.75, 3.05) is 18.5 Å². The van der Waals surface area contributed by atoms with E-state index in [2.05, 4.69) is 25.9 Å². The van der Waals surface area contributed by atoms with E-state index in [4.69, 9.17) is 5.11 Å². The lowest BCUT2D eigenvalue weighted by atomic mass is 10.0. The van der Waals surface area contributed by atoms with E-state index >= 15 is 0 Å². The molecule has 2 aromatic rings. The van der Waals surface area contributed by atoms with E-state index in [1.165, 1.54) is 18.3 Å². The van der Waals surface area contributed by atoms with Crippen molar-refractivity contribution in [3.63, 3.8) is 0 Å².